The van der Waals surface area contributed by atoms with Crippen molar-refractivity contribution in [3.05, 3.63) is 0 Å². The van der Waals surface area contributed by atoms with E-state index in [1.807, 2.05) is 6.92 Å². The van der Waals surface area contributed by atoms with Crippen LogP contribution in [0.2, 0.25) is 0 Å². The molecule has 0 aromatic heterocycles. The number of hydrogen-bond acceptors (Lipinski definition) is 3. The third-order valence-corrected chi connectivity index (χ3v) is 2.15. The number of halogens is 1. The van der Waals surface area contributed by atoms with E-state index in [2.05, 4.69) is 20.7 Å². The molecule has 0 rings (SSSR count). The standard InChI is InChI=1S/C7H13BrO3/c1-5(10-2)4-6(8)7(9)11-3/h5-6H,4H2,1-3H3. The van der Waals surface area contributed by atoms with Crippen LogP contribution in [-0.4, -0.2) is 31.1 Å². The molecule has 0 radical (unpaired) electrons. The van der Waals surface area contributed by atoms with Gasteiger partial charge in [0.25, 0.3) is 0 Å². The molecule has 0 N–H and O–H groups in total. The average molecular weight is 225 g/mol. The van der Waals surface area contributed by atoms with Gasteiger partial charge in [0.05, 0.1) is 13.2 Å². The van der Waals surface area contributed by atoms with Gasteiger partial charge in [0.15, 0.2) is 0 Å². The van der Waals surface area contributed by atoms with Crippen LogP contribution in [0.25, 0.3) is 0 Å². The fourth-order valence-electron chi connectivity index (χ4n) is 0.612. The molecule has 0 aromatic carbocycles. The van der Waals surface area contributed by atoms with Gasteiger partial charge in [-0.25, -0.2) is 0 Å². The first-order chi connectivity index (χ1) is 5.11. The lowest BCUT2D eigenvalue weighted by Crippen LogP contribution is -2.21. The van der Waals surface area contributed by atoms with Gasteiger partial charge >= 0.3 is 5.97 Å². The second-order valence-corrected chi connectivity index (χ2v) is 3.38. The second-order valence-electron chi connectivity index (χ2n) is 2.27. The van der Waals surface area contributed by atoms with Crippen molar-refractivity contribution in [2.24, 2.45) is 0 Å². The average Bonchev–Trinajstić information content (AvgIpc) is 2.02. The second kappa shape index (κ2) is 5.55. The fourth-order valence-corrected chi connectivity index (χ4v) is 1.33. The highest BCUT2D eigenvalue weighted by atomic mass is 79.9. The van der Waals surface area contributed by atoms with Crippen LogP contribution >= 0.6 is 15.9 Å². The lowest BCUT2D eigenvalue weighted by Gasteiger charge is -2.12. The summed E-state index contributed by atoms with van der Waals surface area (Å²) in [5, 5.41) is 0. The summed E-state index contributed by atoms with van der Waals surface area (Å²) in [4.78, 5) is 10.6. The predicted octanol–water partition coefficient (Wildman–Crippen LogP) is 1.35. The van der Waals surface area contributed by atoms with Gasteiger partial charge in [-0.05, 0) is 13.3 Å². The number of rotatable bonds is 4. The smallest absolute Gasteiger partial charge is 0.319 e. The molecule has 0 saturated carbocycles. The molecule has 2 unspecified atom stereocenters. The summed E-state index contributed by atoms with van der Waals surface area (Å²) >= 11 is 3.19. The molecule has 0 aliphatic rings. The SMILES string of the molecule is COC(=O)C(Br)CC(C)OC. The summed E-state index contributed by atoms with van der Waals surface area (Å²) in [6, 6.07) is 0. The van der Waals surface area contributed by atoms with Gasteiger partial charge in [-0.2, -0.15) is 0 Å². The first kappa shape index (κ1) is 10.9. The molecule has 66 valence electrons. The van der Waals surface area contributed by atoms with Crippen molar-refractivity contribution in [3.8, 4) is 0 Å². The van der Waals surface area contributed by atoms with E-state index in [0.717, 1.165) is 0 Å². The van der Waals surface area contributed by atoms with Gasteiger partial charge in [0, 0.05) is 7.11 Å². The maximum atomic E-state index is 10.8. The van der Waals surface area contributed by atoms with Gasteiger partial charge < -0.3 is 9.47 Å². The zero-order chi connectivity index (χ0) is 8.85. The monoisotopic (exact) mass is 224 g/mol. The molecule has 4 heteroatoms. The maximum Gasteiger partial charge on any atom is 0.319 e. The number of methoxy groups -OCH3 is 2. The lowest BCUT2D eigenvalue weighted by molar-refractivity contribution is -0.140. The van der Waals surface area contributed by atoms with Crippen LogP contribution in [0.4, 0.5) is 0 Å². The maximum absolute atomic E-state index is 10.8. The van der Waals surface area contributed by atoms with Crippen molar-refractivity contribution in [3.63, 3.8) is 0 Å². The summed E-state index contributed by atoms with van der Waals surface area (Å²) in [7, 11) is 2.98. The molecule has 0 aliphatic carbocycles. The predicted molar refractivity (Wildman–Crippen MR) is 45.8 cm³/mol. The Labute approximate surface area is 75.2 Å². The summed E-state index contributed by atoms with van der Waals surface area (Å²) in [5.74, 6) is -0.256. The first-order valence-electron chi connectivity index (χ1n) is 3.36. The number of alkyl halides is 1. The van der Waals surface area contributed by atoms with E-state index in [-0.39, 0.29) is 16.9 Å². The van der Waals surface area contributed by atoms with Crippen LogP contribution in [0.1, 0.15) is 13.3 Å². The summed E-state index contributed by atoms with van der Waals surface area (Å²) in [6.07, 6.45) is 0.696. The Morgan fingerprint density at radius 1 is 1.55 bits per heavy atom. The van der Waals surface area contributed by atoms with Crippen molar-refractivity contribution in [2.45, 2.75) is 24.3 Å². The molecule has 0 spiro atoms. The molecular weight excluding hydrogens is 212 g/mol. The Morgan fingerprint density at radius 2 is 2.09 bits per heavy atom. The molecule has 2 atom stereocenters. The lowest BCUT2D eigenvalue weighted by atomic mass is 10.2. The van der Waals surface area contributed by atoms with E-state index in [1.54, 1.807) is 7.11 Å². The van der Waals surface area contributed by atoms with Crippen molar-refractivity contribution < 1.29 is 14.3 Å². The molecule has 0 amide bonds. The molecule has 0 aliphatic heterocycles. The van der Waals surface area contributed by atoms with E-state index in [1.165, 1.54) is 7.11 Å². The molecule has 11 heavy (non-hydrogen) atoms. The van der Waals surface area contributed by atoms with E-state index in [4.69, 9.17) is 4.74 Å². The van der Waals surface area contributed by atoms with E-state index in [9.17, 15) is 4.79 Å². The molecule has 0 heterocycles. The zero-order valence-corrected chi connectivity index (χ0v) is 8.55. The molecule has 0 fully saturated rings. The Bertz CT molecular complexity index is 127. The van der Waals surface area contributed by atoms with Gasteiger partial charge in [-0.3, -0.25) is 4.79 Å². The Morgan fingerprint density at radius 3 is 2.45 bits per heavy atom. The normalized spacial score (nSPS) is 15.6. The van der Waals surface area contributed by atoms with Gasteiger partial charge in [-0.15, -0.1) is 0 Å². The van der Waals surface area contributed by atoms with Crippen LogP contribution in [0.5, 0.6) is 0 Å². The number of esters is 1. The van der Waals surface area contributed by atoms with Crippen molar-refractivity contribution in [2.75, 3.05) is 14.2 Å². The quantitative estimate of drug-likeness (QED) is 0.535. The Kier molecular flexibility index (Phi) is 5.50. The highest BCUT2D eigenvalue weighted by molar-refractivity contribution is 9.10. The van der Waals surface area contributed by atoms with Gasteiger partial charge in [0.2, 0.25) is 0 Å². The number of hydrogen-bond donors (Lipinski definition) is 0. The number of carbonyl (C=O) groups excluding carboxylic acids is 1. The van der Waals surface area contributed by atoms with Crippen LogP contribution in [-0.2, 0) is 14.3 Å². The number of carbonyl (C=O) groups is 1. The summed E-state index contributed by atoms with van der Waals surface area (Å²) < 4.78 is 9.49. The van der Waals surface area contributed by atoms with Crippen molar-refractivity contribution in [1.29, 1.82) is 0 Å². The highest BCUT2D eigenvalue weighted by Crippen LogP contribution is 2.11. The van der Waals surface area contributed by atoms with Crippen LogP contribution < -0.4 is 0 Å². The topological polar surface area (TPSA) is 35.5 Å². The molecule has 3 nitrogen and oxygen atoms in total. The molecule has 0 aromatic rings. The van der Waals surface area contributed by atoms with Gasteiger partial charge in [-0.1, -0.05) is 15.9 Å². The molecule has 0 bridgehead atoms. The van der Waals surface area contributed by atoms with Crippen LogP contribution in [0, 0.1) is 0 Å². The minimum atomic E-state index is -0.262. The Balaban J connectivity index is 3.67. The fraction of sp³-hybridized carbons (Fsp3) is 0.857. The van der Waals surface area contributed by atoms with E-state index >= 15 is 0 Å². The molecule has 0 saturated heterocycles. The van der Waals surface area contributed by atoms with Crippen molar-refractivity contribution in [1.82, 2.24) is 0 Å². The number of ether oxygens (including phenoxy) is 2. The van der Waals surface area contributed by atoms with Crippen LogP contribution in [0.3, 0.4) is 0 Å². The third-order valence-electron chi connectivity index (χ3n) is 1.40. The zero-order valence-electron chi connectivity index (χ0n) is 6.96. The third kappa shape index (κ3) is 4.37. The first-order valence-corrected chi connectivity index (χ1v) is 4.28. The minimum Gasteiger partial charge on any atom is -0.468 e. The van der Waals surface area contributed by atoms with Crippen LogP contribution in [0.15, 0.2) is 0 Å². The van der Waals surface area contributed by atoms with E-state index in [0.29, 0.717) is 6.42 Å². The summed E-state index contributed by atoms with van der Waals surface area (Å²) in [6.45, 7) is 1.90. The summed E-state index contributed by atoms with van der Waals surface area (Å²) in [5.41, 5.74) is 0. The van der Waals surface area contributed by atoms with E-state index < -0.39 is 0 Å². The van der Waals surface area contributed by atoms with Gasteiger partial charge in [0.1, 0.15) is 4.83 Å². The largest absolute Gasteiger partial charge is 0.468 e. The molecular formula is C7H13BrO3. The minimum absolute atomic E-state index is 0.0680. The highest BCUT2D eigenvalue weighted by Gasteiger charge is 2.17. The Hall–Kier alpha value is -0.0900. The van der Waals surface area contributed by atoms with Crippen molar-refractivity contribution >= 4 is 21.9 Å².